The van der Waals surface area contributed by atoms with Crippen LogP contribution in [0.3, 0.4) is 0 Å². The summed E-state index contributed by atoms with van der Waals surface area (Å²) < 4.78 is 4.93. The lowest BCUT2D eigenvalue weighted by atomic mass is 10.2. The van der Waals surface area contributed by atoms with Gasteiger partial charge in [-0.2, -0.15) is 0 Å². The van der Waals surface area contributed by atoms with E-state index in [-0.39, 0.29) is 23.7 Å². The summed E-state index contributed by atoms with van der Waals surface area (Å²) in [4.78, 5) is 26.1. The summed E-state index contributed by atoms with van der Waals surface area (Å²) in [6.07, 6.45) is 3.45. The van der Waals surface area contributed by atoms with Gasteiger partial charge in [0.15, 0.2) is 0 Å². The number of ether oxygens (including phenoxy) is 1. The van der Waals surface area contributed by atoms with E-state index >= 15 is 0 Å². The Morgan fingerprint density at radius 3 is 2.40 bits per heavy atom. The van der Waals surface area contributed by atoms with Gasteiger partial charge in [-0.1, -0.05) is 13.8 Å². The van der Waals surface area contributed by atoms with Gasteiger partial charge in [-0.3, -0.25) is 9.59 Å². The molecule has 1 aliphatic carbocycles. The molecule has 2 amide bonds. The van der Waals surface area contributed by atoms with E-state index in [0.29, 0.717) is 19.6 Å². The Hall–Kier alpha value is -1.10. The average molecular weight is 284 g/mol. The van der Waals surface area contributed by atoms with Gasteiger partial charge in [-0.05, 0) is 25.7 Å². The highest BCUT2D eigenvalue weighted by atomic mass is 16.5. The summed E-state index contributed by atoms with van der Waals surface area (Å²) >= 11 is 0. The van der Waals surface area contributed by atoms with Crippen molar-refractivity contribution in [1.82, 2.24) is 10.2 Å². The first-order chi connectivity index (χ1) is 9.65. The molecule has 0 aromatic heterocycles. The van der Waals surface area contributed by atoms with E-state index < -0.39 is 0 Å². The van der Waals surface area contributed by atoms with Gasteiger partial charge in [-0.15, -0.1) is 0 Å². The fourth-order valence-electron chi connectivity index (χ4n) is 2.42. The summed E-state index contributed by atoms with van der Waals surface area (Å²) in [5, 5.41) is 2.88. The van der Waals surface area contributed by atoms with Gasteiger partial charge < -0.3 is 15.0 Å². The van der Waals surface area contributed by atoms with Gasteiger partial charge in [0.25, 0.3) is 0 Å². The van der Waals surface area contributed by atoms with E-state index in [1.54, 1.807) is 7.11 Å². The second-order valence-corrected chi connectivity index (χ2v) is 5.41. The fraction of sp³-hybridized carbons (Fsp3) is 0.867. The molecule has 1 saturated carbocycles. The van der Waals surface area contributed by atoms with Crippen LogP contribution in [-0.4, -0.2) is 50.1 Å². The van der Waals surface area contributed by atoms with Crippen molar-refractivity contribution in [2.24, 2.45) is 11.8 Å². The minimum Gasteiger partial charge on any atom is -0.385 e. The summed E-state index contributed by atoms with van der Waals surface area (Å²) in [5.41, 5.74) is 0. The van der Waals surface area contributed by atoms with Crippen LogP contribution >= 0.6 is 0 Å². The number of rotatable bonds is 10. The maximum absolute atomic E-state index is 12.3. The summed E-state index contributed by atoms with van der Waals surface area (Å²) in [6, 6.07) is 0. The molecule has 0 saturated heterocycles. The predicted octanol–water partition coefficient (Wildman–Crippen LogP) is 1.42. The number of hydrogen-bond acceptors (Lipinski definition) is 3. The number of nitrogens with one attached hydrogen (secondary N) is 1. The molecule has 5 heteroatoms. The van der Waals surface area contributed by atoms with Crippen LogP contribution in [0.25, 0.3) is 0 Å². The van der Waals surface area contributed by atoms with Crippen molar-refractivity contribution in [2.45, 2.75) is 39.5 Å². The Bertz CT molecular complexity index is 314. The third-order valence-electron chi connectivity index (χ3n) is 3.57. The van der Waals surface area contributed by atoms with Crippen LogP contribution in [0.4, 0.5) is 0 Å². The first-order valence-electron chi connectivity index (χ1n) is 7.71. The molecule has 0 heterocycles. The predicted molar refractivity (Wildman–Crippen MR) is 78.3 cm³/mol. The molecule has 2 unspecified atom stereocenters. The maximum atomic E-state index is 12.3. The molecule has 0 radical (unpaired) electrons. The van der Waals surface area contributed by atoms with Gasteiger partial charge in [0, 0.05) is 33.4 Å². The summed E-state index contributed by atoms with van der Waals surface area (Å²) in [7, 11) is 1.65. The Kier molecular flexibility index (Phi) is 7.59. The largest absolute Gasteiger partial charge is 0.385 e. The van der Waals surface area contributed by atoms with Crippen LogP contribution < -0.4 is 5.32 Å². The van der Waals surface area contributed by atoms with E-state index in [0.717, 1.165) is 32.4 Å². The lowest BCUT2D eigenvalue weighted by molar-refractivity contribution is -0.134. The van der Waals surface area contributed by atoms with Gasteiger partial charge in [0.1, 0.15) is 0 Å². The van der Waals surface area contributed by atoms with Crippen LogP contribution in [0.15, 0.2) is 0 Å². The molecule has 20 heavy (non-hydrogen) atoms. The number of nitrogens with zero attached hydrogens (tertiary/aromatic N) is 1. The molecule has 0 aromatic rings. The number of carbonyl (C=O) groups is 2. The lowest BCUT2D eigenvalue weighted by Gasteiger charge is -2.21. The second-order valence-electron chi connectivity index (χ2n) is 5.41. The van der Waals surface area contributed by atoms with Crippen LogP contribution in [-0.2, 0) is 14.3 Å². The molecule has 1 N–H and O–H groups in total. The van der Waals surface area contributed by atoms with E-state index in [1.165, 1.54) is 0 Å². The van der Waals surface area contributed by atoms with Gasteiger partial charge in [-0.25, -0.2) is 0 Å². The number of hydrogen-bond donors (Lipinski definition) is 1. The first kappa shape index (κ1) is 17.0. The van der Waals surface area contributed by atoms with Gasteiger partial charge in [0.05, 0.1) is 11.8 Å². The smallest absolute Gasteiger partial charge is 0.226 e. The quantitative estimate of drug-likeness (QED) is 0.617. The van der Waals surface area contributed by atoms with E-state index in [4.69, 9.17) is 4.74 Å². The van der Waals surface area contributed by atoms with Crippen molar-refractivity contribution in [2.75, 3.05) is 33.4 Å². The molecule has 1 aliphatic rings. The van der Waals surface area contributed by atoms with E-state index in [2.05, 4.69) is 19.2 Å². The molecular weight excluding hydrogens is 256 g/mol. The fourth-order valence-corrected chi connectivity index (χ4v) is 2.42. The molecule has 0 aromatic carbocycles. The zero-order valence-corrected chi connectivity index (χ0v) is 13.0. The lowest BCUT2D eigenvalue weighted by Crippen LogP contribution is -2.35. The summed E-state index contributed by atoms with van der Waals surface area (Å²) in [5.74, 6) is -0.0186. The zero-order valence-electron chi connectivity index (χ0n) is 13.0. The molecule has 0 spiro atoms. The highest BCUT2D eigenvalue weighted by molar-refractivity contribution is 5.92. The molecule has 116 valence electrons. The van der Waals surface area contributed by atoms with Crippen LogP contribution in [0, 0.1) is 11.8 Å². The molecule has 1 fully saturated rings. The molecular formula is C15H28N2O3. The standard InChI is InChI=1S/C15H28N2O3/c1-4-8-17(9-5-2)15(19)13-11-12(13)14(18)16-7-6-10-20-3/h12-13H,4-11H2,1-3H3,(H,16,18). The third-order valence-corrected chi connectivity index (χ3v) is 3.57. The zero-order chi connectivity index (χ0) is 15.0. The van der Waals surface area contributed by atoms with Gasteiger partial charge in [0.2, 0.25) is 11.8 Å². The van der Waals surface area contributed by atoms with E-state index in [1.807, 2.05) is 4.90 Å². The minimum absolute atomic E-state index is 0.0207. The SMILES string of the molecule is CCCN(CCC)C(=O)C1CC1C(=O)NCCCOC. The maximum Gasteiger partial charge on any atom is 0.226 e. The van der Waals surface area contributed by atoms with Crippen LogP contribution in [0.2, 0.25) is 0 Å². The van der Waals surface area contributed by atoms with Crippen LogP contribution in [0.1, 0.15) is 39.5 Å². The molecule has 5 nitrogen and oxygen atoms in total. The average Bonchev–Trinajstić information content (AvgIpc) is 3.23. The van der Waals surface area contributed by atoms with Crippen LogP contribution in [0.5, 0.6) is 0 Å². The highest BCUT2D eigenvalue weighted by Gasteiger charge is 2.49. The topological polar surface area (TPSA) is 58.6 Å². The number of carbonyl (C=O) groups excluding carboxylic acids is 2. The van der Waals surface area contributed by atoms with Crippen molar-refractivity contribution >= 4 is 11.8 Å². The van der Waals surface area contributed by atoms with Crippen molar-refractivity contribution < 1.29 is 14.3 Å². The third kappa shape index (κ3) is 5.12. The number of methoxy groups -OCH3 is 1. The Morgan fingerprint density at radius 1 is 1.20 bits per heavy atom. The Balaban J connectivity index is 2.32. The first-order valence-corrected chi connectivity index (χ1v) is 7.71. The normalized spacial score (nSPS) is 20.6. The Labute approximate surface area is 122 Å². The molecule has 1 rings (SSSR count). The second kappa shape index (κ2) is 8.95. The van der Waals surface area contributed by atoms with Crippen molar-refractivity contribution in [3.63, 3.8) is 0 Å². The molecule has 0 bridgehead atoms. The molecule has 2 atom stereocenters. The summed E-state index contributed by atoms with van der Waals surface area (Å²) in [6.45, 7) is 7.01. The number of amides is 2. The molecule has 0 aliphatic heterocycles. The van der Waals surface area contributed by atoms with Crippen molar-refractivity contribution in [1.29, 1.82) is 0 Å². The minimum atomic E-state index is -0.110. The highest BCUT2D eigenvalue weighted by Crippen LogP contribution is 2.40. The van der Waals surface area contributed by atoms with Crippen molar-refractivity contribution in [3.8, 4) is 0 Å². The van der Waals surface area contributed by atoms with E-state index in [9.17, 15) is 9.59 Å². The van der Waals surface area contributed by atoms with Gasteiger partial charge >= 0.3 is 0 Å². The monoisotopic (exact) mass is 284 g/mol. The van der Waals surface area contributed by atoms with Crippen molar-refractivity contribution in [3.05, 3.63) is 0 Å². The Morgan fingerprint density at radius 2 is 1.85 bits per heavy atom.